The number of anilines is 2. The molecule has 104 valence electrons. The van der Waals surface area contributed by atoms with Gasteiger partial charge in [0.15, 0.2) is 0 Å². The van der Waals surface area contributed by atoms with Crippen LogP contribution in [0.3, 0.4) is 0 Å². The molecule has 1 atom stereocenters. The molecule has 2 heterocycles. The molecule has 7 heteroatoms. The Labute approximate surface area is 112 Å². The van der Waals surface area contributed by atoms with Gasteiger partial charge in [0.25, 0.3) is 0 Å². The van der Waals surface area contributed by atoms with Gasteiger partial charge in [-0.1, -0.05) is 13.8 Å². The van der Waals surface area contributed by atoms with E-state index in [0.29, 0.717) is 24.6 Å². The number of nitrogen functional groups attached to an aromatic ring is 1. The Morgan fingerprint density at radius 1 is 1.47 bits per heavy atom. The van der Waals surface area contributed by atoms with Crippen LogP contribution in [-0.2, 0) is 4.79 Å². The van der Waals surface area contributed by atoms with Gasteiger partial charge >= 0.3 is 0 Å². The zero-order chi connectivity index (χ0) is 13.8. The second kappa shape index (κ2) is 5.83. The van der Waals surface area contributed by atoms with Gasteiger partial charge in [-0.15, -0.1) is 0 Å². The van der Waals surface area contributed by atoms with Crippen LogP contribution in [0, 0.1) is 0 Å². The number of amides is 1. The van der Waals surface area contributed by atoms with Crippen molar-refractivity contribution < 1.29 is 4.79 Å². The normalized spacial score (nSPS) is 18.5. The van der Waals surface area contributed by atoms with Gasteiger partial charge in [-0.05, 0) is 6.42 Å². The summed E-state index contributed by atoms with van der Waals surface area (Å²) >= 11 is 0. The van der Waals surface area contributed by atoms with Gasteiger partial charge in [0, 0.05) is 31.0 Å². The minimum atomic E-state index is 0.113. The van der Waals surface area contributed by atoms with Gasteiger partial charge in [-0.3, -0.25) is 4.79 Å². The summed E-state index contributed by atoms with van der Waals surface area (Å²) in [6.45, 7) is 4.71. The van der Waals surface area contributed by atoms with Gasteiger partial charge in [0.1, 0.15) is 17.5 Å². The Morgan fingerprint density at radius 3 is 2.79 bits per heavy atom. The molecular weight excluding hydrogens is 244 g/mol. The maximum Gasteiger partial charge on any atom is 0.220 e. The average Bonchev–Trinajstić information content (AvgIpc) is 2.81. The molecule has 7 nitrogen and oxygen atoms in total. The topological polar surface area (TPSA) is 105 Å². The van der Waals surface area contributed by atoms with Crippen LogP contribution in [0.2, 0.25) is 0 Å². The summed E-state index contributed by atoms with van der Waals surface area (Å²) in [4.78, 5) is 19.8. The summed E-state index contributed by atoms with van der Waals surface area (Å²) in [6, 6.07) is 1.92. The average molecular weight is 264 g/mol. The van der Waals surface area contributed by atoms with Crippen LogP contribution < -0.4 is 21.9 Å². The summed E-state index contributed by atoms with van der Waals surface area (Å²) in [5, 5.41) is 6.12. The lowest BCUT2D eigenvalue weighted by Crippen LogP contribution is -2.32. The van der Waals surface area contributed by atoms with Crippen molar-refractivity contribution >= 4 is 17.5 Å². The lowest BCUT2D eigenvalue weighted by Gasteiger charge is -2.14. The molecule has 2 rings (SSSR count). The Bertz CT molecular complexity index is 462. The molecule has 0 saturated carbocycles. The first-order valence-electron chi connectivity index (χ1n) is 6.47. The Balaban J connectivity index is 2.02. The fourth-order valence-electron chi connectivity index (χ4n) is 1.95. The molecule has 1 saturated heterocycles. The van der Waals surface area contributed by atoms with E-state index < -0.39 is 0 Å². The van der Waals surface area contributed by atoms with Gasteiger partial charge in [0.05, 0.1) is 0 Å². The van der Waals surface area contributed by atoms with Crippen molar-refractivity contribution in [2.45, 2.75) is 38.6 Å². The van der Waals surface area contributed by atoms with Crippen molar-refractivity contribution in [2.75, 3.05) is 17.3 Å². The number of nitrogens with zero attached hydrogens (tertiary/aromatic N) is 2. The Morgan fingerprint density at radius 2 is 2.21 bits per heavy atom. The number of aromatic nitrogens is 2. The van der Waals surface area contributed by atoms with E-state index in [2.05, 4.69) is 26.0 Å². The third-order valence-corrected chi connectivity index (χ3v) is 3.02. The van der Waals surface area contributed by atoms with Crippen LogP contribution in [0.25, 0.3) is 0 Å². The largest absolute Gasteiger partial charge is 0.368 e. The van der Waals surface area contributed by atoms with Gasteiger partial charge in [0.2, 0.25) is 5.91 Å². The maximum atomic E-state index is 11.1. The van der Waals surface area contributed by atoms with Gasteiger partial charge in [-0.2, -0.15) is 0 Å². The van der Waals surface area contributed by atoms with Crippen molar-refractivity contribution in [1.82, 2.24) is 15.3 Å². The van der Waals surface area contributed by atoms with Crippen LogP contribution in [0.15, 0.2) is 6.07 Å². The lowest BCUT2D eigenvalue weighted by molar-refractivity contribution is -0.119. The number of nitrogens with one attached hydrogen (secondary N) is 3. The van der Waals surface area contributed by atoms with Crippen LogP contribution in [-0.4, -0.2) is 28.5 Å². The van der Waals surface area contributed by atoms with E-state index in [0.717, 1.165) is 12.2 Å². The van der Waals surface area contributed by atoms with E-state index in [4.69, 9.17) is 5.84 Å². The van der Waals surface area contributed by atoms with Crippen molar-refractivity contribution in [2.24, 2.45) is 5.84 Å². The third-order valence-electron chi connectivity index (χ3n) is 3.02. The summed E-state index contributed by atoms with van der Waals surface area (Å²) in [7, 11) is 0. The molecule has 1 fully saturated rings. The number of nitrogens with two attached hydrogens (primary N) is 1. The molecule has 0 aromatic carbocycles. The van der Waals surface area contributed by atoms with Crippen molar-refractivity contribution in [3.8, 4) is 0 Å². The highest BCUT2D eigenvalue weighted by molar-refractivity contribution is 5.78. The predicted molar refractivity (Wildman–Crippen MR) is 73.6 cm³/mol. The summed E-state index contributed by atoms with van der Waals surface area (Å²) in [6.07, 6.45) is 1.46. The van der Waals surface area contributed by atoms with E-state index in [1.54, 1.807) is 6.07 Å². The number of hydrogen-bond donors (Lipinski definition) is 4. The fraction of sp³-hybridized carbons (Fsp3) is 0.583. The van der Waals surface area contributed by atoms with E-state index >= 15 is 0 Å². The number of hydrogen-bond acceptors (Lipinski definition) is 6. The summed E-state index contributed by atoms with van der Waals surface area (Å²) in [5.74, 6) is 7.76. The quantitative estimate of drug-likeness (QED) is 0.458. The lowest BCUT2D eigenvalue weighted by atomic mass is 10.2. The molecule has 1 aliphatic heterocycles. The van der Waals surface area contributed by atoms with Crippen molar-refractivity contribution in [3.63, 3.8) is 0 Å². The third kappa shape index (κ3) is 3.54. The predicted octanol–water partition coefficient (Wildman–Crippen LogP) is 0.576. The Hall–Kier alpha value is -1.89. The van der Waals surface area contributed by atoms with Crippen LogP contribution >= 0.6 is 0 Å². The second-order valence-corrected chi connectivity index (χ2v) is 4.98. The second-order valence-electron chi connectivity index (χ2n) is 4.98. The molecule has 0 radical (unpaired) electrons. The first-order chi connectivity index (χ1) is 9.08. The van der Waals surface area contributed by atoms with Crippen molar-refractivity contribution in [1.29, 1.82) is 0 Å². The van der Waals surface area contributed by atoms with E-state index in [1.165, 1.54) is 0 Å². The number of carbonyl (C=O) groups excluding carboxylic acids is 1. The van der Waals surface area contributed by atoms with E-state index in [-0.39, 0.29) is 17.9 Å². The molecule has 19 heavy (non-hydrogen) atoms. The fourth-order valence-corrected chi connectivity index (χ4v) is 1.95. The molecule has 1 amide bonds. The molecule has 1 unspecified atom stereocenters. The summed E-state index contributed by atoms with van der Waals surface area (Å²) in [5.41, 5.74) is 2.54. The molecule has 1 aromatic rings. The highest BCUT2D eigenvalue weighted by Gasteiger charge is 2.20. The Kier molecular flexibility index (Phi) is 4.16. The first kappa shape index (κ1) is 13.5. The standard InChI is InChI=1S/C12H20N6O/c1-7(2)12-16-9(5-10(17-12)18-13)14-6-8-3-4-11(19)15-8/h5,7-8H,3-4,6,13H2,1-2H3,(H,15,19)(H2,14,16,17,18). The van der Waals surface area contributed by atoms with Crippen LogP contribution in [0.1, 0.15) is 38.4 Å². The minimum absolute atomic E-state index is 0.113. The maximum absolute atomic E-state index is 11.1. The molecule has 0 spiro atoms. The monoisotopic (exact) mass is 264 g/mol. The first-order valence-corrected chi connectivity index (χ1v) is 6.47. The molecule has 0 aliphatic carbocycles. The van der Waals surface area contributed by atoms with Gasteiger partial charge < -0.3 is 16.1 Å². The zero-order valence-electron chi connectivity index (χ0n) is 11.2. The molecule has 5 N–H and O–H groups in total. The highest BCUT2D eigenvalue weighted by atomic mass is 16.1. The van der Waals surface area contributed by atoms with Crippen LogP contribution in [0.5, 0.6) is 0 Å². The van der Waals surface area contributed by atoms with Gasteiger partial charge in [-0.25, -0.2) is 15.8 Å². The smallest absolute Gasteiger partial charge is 0.220 e. The number of rotatable bonds is 5. The molecule has 1 aromatic heterocycles. The highest BCUT2D eigenvalue weighted by Crippen LogP contribution is 2.17. The number of carbonyl (C=O) groups is 1. The van der Waals surface area contributed by atoms with E-state index in [9.17, 15) is 4.79 Å². The molecule has 0 bridgehead atoms. The van der Waals surface area contributed by atoms with Crippen molar-refractivity contribution in [3.05, 3.63) is 11.9 Å². The number of hydrazine groups is 1. The SMILES string of the molecule is CC(C)c1nc(NN)cc(NCC2CCC(=O)N2)n1. The van der Waals surface area contributed by atoms with Crippen LogP contribution in [0.4, 0.5) is 11.6 Å². The summed E-state index contributed by atoms with van der Waals surface area (Å²) < 4.78 is 0. The minimum Gasteiger partial charge on any atom is -0.368 e. The van der Waals surface area contributed by atoms with E-state index in [1.807, 2.05) is 13.8 Å². The molecular formula is C12H20N6O. The molecule has 1 aliphatic rings. The zero-order valence-corrected chi connectivity index (χ0v) is 11.2.